The van der Waals surface area contributed by atoms with Crippen molar-refractivity contribution in [3.8, 4) is 0 Å². The van der Waals surface area contributed by atoms with Gasteiger partial charge in [0, 0.05) is 65.1 Å². The largest absolute Gasteiger partial charge is 0.374 e. The normalized spacial score (nSPS) is 19.0. The Morgan fingerprint density at radius 1 is 1.39 bits per heavy atom. The molecule has 1 aliphatic rings. The molecule has 2 aromatic heterocycles. The molecule has 0 saturated carbocycles. The third-order valence-electron chi connectivity index (χ3n) is 4.04. The zero-order valence-corrected chi connectivity index (χ0v) is 13.6. The summed E-state index contributed by atoms with van der Waals surface area (Å²) in [5.41, 5.74) is 1.18. The van der Waals surface area contributed by atoms with Gasteiger partial charge in [-0.2, -0.15) is 0 Å². The number of aromatic nitrogens is 3. The molecule has 7 heteroatoms. The lowest BCUT2D eigenvalue weighted by Gasteiger charge is -2.32. The number of rotatable bonds is 5. The van der Waals surface area contributed by atoms with Gasteiger partial charge in [0.25, 0.3) is 5.56 Å². The monoisotopic (exact) mass is 317 g/mol. The molecule has 1 saturated heterocycles. The molecular weight excluding hydrogens is 294 g/mol. The fraction of sp³-hybridized carbons (Fsp3) is 0.500. The van der Waals surface area contributed by atoms with Gasteiger partial charge in [0.1, 0.15) is 0 Å². The Balaban J connectivity index is 1.54. The first-order valence-corrected chi connectivity index (χ1v) is 7.82. The number of aryl methyl sites for hydroxylation is 2. The Morgan fingerprint density at radius 2 is 2.26 bits per heavy atom. The van der Waals surface area contributed by atoms with E-state index in [-0.39, 0.29) is 11.7 Å². The average molecular weight is 317 g/mol. The SMILES string of the molecule is Cn1ccc(CN2CCO[C@H](CNc3nccn(C)c3=O)C2)c1. The number of ether oxygens (including phenoxy) is 1. The second-order valence-electron chi connectivity index (χ2n) is 5.99. The van der Waals surface area contributed by atoms with Crippen molar-refractivity contribution in [2.24, 2.45) is 14.1 Å². The molecule has 0 bridgehead atoms. The molecule has 0 aliphatic carbocycles. The molecule has 2 aromatic rings. The van der Waals surface area contributed by atoms with Crippen LogP contribution >= 0.6 is 0 Å². The summed E-state index contributed by atoms with van der Waals surface area (Å²) >= 11 is 0. The highest BCUT2D eigenvalue weighted by Crippen LogP contribution is 2.11. The van der Waals surface area contributed by atoms with E-state index in [1.54, 1.807) is 19.4 Å². The van der Waals surface area contributed by atoms with Crippen molar-refractivity contribution in [1.29, 1.82) is 0 Å². The highest BCUT2D eigenvalue weighted by Gasteiger charge is 2.21. The van der Waals surface area contributed by atoms with Gasteiger partial charge in [-0.1, -0.05) is 0 Å². The van der Waals surface area contributed by atoms with Crippen molar-refractivity contribution < 1.29 is 4.74 Å². The van der Waals surface area contributed by atoms with Crippen LogP contribution < -0.4 is 10.9 Å². The van der Waals surface area contributed by atoms with E-state index in [0.29, 0.717) is 19.0 Å². The number of morpholine rings is 1. The summed E-state index contributed by atoms with van der Waals surface area (Å²) in [6.07, 6.45) is 7.52. The molecular formula is C16H23N5O2. The van der Waals surface area contributed by atoms with E-state index in [1.807, 2.05) is 7.05 Å². The van der Waals surface area contributed by atoms with Crippen molar-refractivity contribution in [2.75, 3.05) is 31.6 Å². The van der Waals surface area contributed by atoms with Crippen molar-refractivity contribution >= 4 is 5.82 Å². The third kappa shape index (κ3) is 4.00. The van der Waals surface area contributed by atoms with E-state index >= 15 is 0 Å². The molecule has 124 valence electrons. The number of nitrogens with one attached hydrogen (secondary N) is 1. The van der Waals surface area contributed by atoms with Gasteiger partial charge in [0.2, 0.25) is 0 Å². The van der Waals surface area contributed by atoms with Gasteiger partial charge >= 0.3 is 0 Å². The molecule has 1 atom stereocenters. The Hall–Kier alpha value is -2.12. The van der Waals surface area contributed by atoms with E-state index in [1.165, 1.54) is 10.1 Å². The first kappa shape index (κ1) is 15.8. The average Bonchev–Trinajstić information content (AvgIpc) is 2.94. The standard InChI is InChI=1S/C16H23N5O2/c1-19-5-3-13(10-19)11-21-7-8-23-14(12-21)9-18-15-16(22)20(2)6-4-17-15/h3-6,10,14H,7-9,11-12H2,1-2H3,(H,17,18)/t14-/m1/s1. The Kier molecular flexibility index (Phi) is 4.78. The third-order valence-corrected chi connectivity index (χ3v) is 4.04. The Morgan fingerprint density at radius 3 is 3.04 bits per heavy atom. The van der Waals surface area contributed by atoms with Gasteiger partial charge in [0.15, 0.2) is 5.82 Å². The van der Waals surface area contributed by atoms with Crippen molar-refractivity contribution in [3.05, 3.63) is 46.8 Å². The predicted molar refractivity (Wildman–Crippen MR) is 88.4 cm³/mol. The maximum atomic E-state index is 11.9. The number of hydrogen-bond donors (Lipinski definition) is 1. The van der Waals surface area contributed by atoms with Crippen LogP contribution in [0.5, 0.6) is 0 Å². The molecule has 3 rings (SSSR count). The molecule has 1 fully saturated rings. The van der Waals surface area contributed by atoms with Crippen LogP contribution in [0.2, 0.25) is 0 Å². The molecule has 7 nitrogen and oxygen atoms in total. The minimum atomic E-state index is -0.121. The van der Waals surface area contributed by atoms with Crippen molar-refractivity contribution in [2.45, 2.75) is 12.6 Å². The van der Waals surface area contributed by atoms with Gasteiger partial charge in [-0.15, -0.1) is 0 Å². The van der Waals surface area contributed by atoms with Crippen molar-refractivity contribution in [1.82, 2.24) is 19.0 Å². The topological polar surface area (TPSA) is 64.3 Å². The Bertz CT molecular complexity index is 708. The van der Waals surface area contributed by atoms with Crippen LogP contribution in [-0.4, -0.2) is 51.4 Å². The van der Waals surface area contributed by atoms with Gasteiger partial charge in [0.05, 0.1) is 12.7 Å². The summed E-state index contributed by atoms with van der Waals surface area (Å²) in [6.45, 7) is 3.98. The van der Waals surface area contributed by atoms with Gasteiger partial charge in [-0.3, -0.25) is 9.69 Å². The first-order chi connectivity index (χ1) is 11.1. The summed E-state index contributed by atoms with van der Waals surface area (Å²) in [6, 6.07) is 2.14. The molecule has 1 N–H and O–H groups in total. The highest BCUT2D eigenvalue weighted by atomic mass is 16.5. The minimum absolute atomic E-state index is 0.0548. The fourth-order valence-corrected chi connectivity index (χ4v) is 2.79. The molecule has 0 amide bonds. The summed E-state index contributed by atoms with van der Waals surface area (Å²) in [5.74, 6) is 0.374. The molecule has 0 spiro atoms. The van der Waals surface area contributed by atoms with Crippen LogP contribution in [0.25, 0.3) is 0 Å². The molecule has 3 heterocycles. The quantitative estimate of drug-likeness (QED) is 0.866. The molecule has 0 aromatic carbocycles. The summed E-state index contributed by atoms with van der Waals surface area (Å²) < 4.78 is 9.37. The van der Waals surface area contributed by atoms with Crippen LogP contribution in [0.3, 0.4) is 0 Å². The van der Waals surface area contributed by atoms with Crippen molar-refractivity contribution in [3.63, 3.8) is 0 Å². The fourth-order valence-electron chi connectivity index (χ4n) is 2.79. The second kappa shape index (κ2) is 6.97. The predicted octanol–water partition coefficient (Wildman–Crippen LogP) is 0.432. The molecule has 23 heavy (non-hydrogen) atoms. The zero-order chi connectivity index (χ0) is 16.2. The van der Waals surface area contributed by atoms with Crippen LogP contribution in [0, 0.1) is 0 Å². The lowest BCUT2D eigenvalue weighted by atomic mass is 10.2. The molecule has 0 radical (unpaired) electrons. The van der Waals surface area contributed by atoms with Crippen LogP contribution in [0.15, 0.2) is 35.6 Å². The molecule has 1 aliphatic heterocycles. The van der Waals surface area contributed by atoms with Gasteiger partial charge in [-0.05, 0) is 11.6 Å². The number of anilines is 1. The van der Waals surface area contributed by atoms with Gasteiger partial charge < -0.3 is 19.2 Å². The number of nitrogens with zero attached hydrogens (tertiary/aromatic N) is 4. The summed E-state index contributed by atoms with van der Waals surface area (Å²) in [7, 11) is 3.75. The maximum absolute atomic E-state index is 11.9. The summed E-state index contributed by atoms with van der Waals surface area (Å²) in [5, 5.41) is 3.11. The minimum Gasteiger partial charge on any atom is -0.374 e. The van der Waals surface area contributed by atoms with E-state index in [9.17, 15) is 4.79 Å². The first-order valence-electron chi connectivity index (χ1n) is 7.82. The molecule has 0 unspecified atom stereocenters. The highest BCUT2D eigenvalue weighted by molar-refractivity contribution is 5.30. The van der Waals surface area contributed by atoms with E-state index in [4.69, 9.17) is 4.74 Å². The Labute approximate surface area is 135 Å². The smallest absolute Gasteiger partial charge is 0.293 e. The van der Waals surface area contributed by atoms with Crippen LogP contribution in [-0.2, 0) is 25.4 Å². The number of hydrogen-bond acceptors (Lipinski definition) is 5. The lowest BCUT2D eigenvalue weighted by molar-refractivity contribution is -0.0240. The van der Waals surface area contributed by atoms with E-state index in [0.717, 1.165) is 19.6 Å². The van der Waals surface area contributed by atoms with Crippen LogP contribution in [0.1, 0.15) is 5.56 Å². The summed E-state index contributed by atoms with van der Waals surface area (Å²) in [4.78, 5) is 18.4. The van der Waals surface area contributed by atoms with Gasteiger partial charge in [-0.25, -0.2) is 4.98 Å². The van der Waals surface area contributed by atoms with Crippen LogP contribution in [0.4, 0.5) is 5.82 Å². The van der Waals surface area contributed by atoms with E-state index in [2.05, 4.69) is 38.2 Å². The zero-order valence-electron chi connectivity index (χ0n) is 13.6. The second-order valence-corrected chi connectivity index (χ2v) is 5.99. The maximum Gasteiger partial charge on any atom is 0.293 e. The lowest BCUT2D eigenvalue weighted by Crippen LogP contribution is -2.45. The van der Waals surface area contributed by atoms with E-state index < -0.39 is 0 Å².